The standard InChI is InChI=1S/C32H29NO5.Na/c34-20-26-17-16-25-19-33(31(35)29(23-12-6-2-7-13-23)24-14-8-3-9-15-24)28(32(36)37)18-27(25)30(26)38-21-22-10-4-1-5-11-22;/h1-17,28-29,34H,18-21H2,(H,36,37);/q;+1/p-1/t28-;/m0./s1. The Morgan fingerprint density at radius 1 is 0.872 bits per heavy atom. The minimum absolute atomic E-state index is 0. The van der Waals surface area contributed by atoms with Crippen LogP contribution >= 0.6 is 0 Å². The summed E-state index contributed by atoms with van der Waals surface area (Å²) in [5, 5.41) is 22.4. The van der Waals surface area contributed by atoms with E-state index in [0.29, 0.717) is 16.9 Å². The average Bonchev–Trinajstić information content (AvgIpc) is 2.96. The van der Waals surface area contributed by atoms with Gasteiger partial charge in [0.15, 0.2) is 0 Å². The summed E-state index contributed by atoms with van der Waals surface area (Å²) in [5.41, 5.74) is 4.57. The average molecular weight is 530 g/mol. The zero-order chi connectivity index (χ0) is 26.5. The van der Waals surface area contributed by atoms with Crippen LogP contribution in [0.25, 0.3) is 0 Å². The van der Waals surface area contributed by atoms with Crippen molar-refractivity contribution >= 4 is 11.9 Å². The molecule has 6 nitrogen and oxygen atoms in total. The molecule has 0 saturated heterocycles. The Labute approximate surface area is 250 Å². The van der Waals surface area contributed by atoms with E-state index >= 15 is 0 Å². The topological polar surface area (TPSA) is 89.9 Å². The van der Waals surface area contributed by atoms with Crippen LogP contribution in [-0.4, -0.2) is 27.9 Å². The van der Waals surface area contributed by atoms with Gasteiger partial charge in [-0.25, -0.2) is 0 Å². The van der Waals surface area contributed by atoms with Crippen LogP contribution in [0.3, 0.4) is 0 Å². The van der Waals surface area contributed by atoms with E-state index in [1.807, 2.05) is 97.1 Å². The van der Waals surface area contributed by atoms with Crippen molar-refractivity contribution in [1.82, 2.24) is 4.90 Å². The molecule has 1 heterocycles. The third-order valence-corrected chi connectivity index (χ3v) is 7.02. The minimum Gasteiger partial charge on any atom is -0.548 e. The summed E-state index contributed by atoms with van der Waals surface area (Å²) in [5.74, 6) is -1.83. The normalized spacial score (nSPS) is 14.3. The van der Waals surface area contributed by atoms with Gasteiger partial charge in [0.2, 0.25) is 5.91 Å². The van der Waals surface area contributed by atoms with Crippen molar-refractivity contribution in [3.63, 3.8) is 0 Å². The van der Waals surface area contributed by atoms with Crippen LogP contribution in [-0.2, 0) is 35.8 Å². The van der Waals surface area contributed by atoms with Crippen LogP contribution in [0.15, 0.2) is 103 Å². The maximum absolute atomic E-state index is 14.1. The van der Waals surface area contributed by atoms with E-state index < -0.39 is 17.9 Å². The Morgan fingerprint density at radius 2 is 1.44 bits per heavy atom. The van der Waals surface area contributed by atoms with Crippen molar-refractivity contribution in [3.05, 3.63) is 137 Å². The molecule has 1 aliphatic heterocycles. The van der Waals surface area contributed by atoms with Crippen molar-refractivity contribution < 1.29 is 54.1 Å². The van der Waals surface area contributed by atoms with E-state index in [4.69, 9.17) is 4.74 Å². The van der Waals surface area contributed by atoms with Gasteiger partial charge in [-0.1, -0.05) is 103 Å². The summed E-state index contributed by atoms with van der Waals surface area (Å²) in [6.07, 6.45) is 0.0255. The largest absolute Gasteiger partial charge is 1.00 e. The SMILES string of the molecule is O=C([O-])[C@@H]1Cc2c(ccc(CO)c2OCc2ccccc2)CN1C(=O)C(c1ccccc1)c1ccccc1.[Na+]. The van der Waals surface area contributed by atoms with Gasteiger partial charge in [0.05, 0.1) is 24.5 Å². The molecule has 0 fully saturated rings. The van der Waals surface area contributed by atoms with Crippen molar-refractivity contribution in [2.24, 2.45) is 0 Å². The molecule has 0 bridgehead atoms. The molecule has 0 aromatic heterocycles. The first-order valence-electron chi connectivity index (χ1n) is 12.6. The molecule has 1 atom stereocenters. The molecule has 0 radical (unpaired) electrons. The van der Waals surface area contributed by atoms with Gasteiger partial charge in [0.25, 0.3) is 0 Å². The van der Waals surface area contributed by atoms with E-state index in [9.17, 15) is 19.8 Å². The molecular weight excluding hydrogens is 501 g/mol. The van der Waals surface area contributed by atoms with Gasteiger partial charge in [-0.2, -0.15) is 0 Å². The second kappa shape index (κ2) is 13.1. The molecule has 5 rings (SSSR count). The van der Waals surface area contributed by atoms with Gasteiger partial charge in [0.1, 0.15) is 12.4 Å². The van der Waals surface area contributed by atoms with E-state index in [2.05, 4.69) is 0 Å². The first-order chi connectivity index (χ1) is 18.6. The monoisotopic (exact) mass is 529 g/mol. The number of aliphatic hydroxyl groups is 1. The third-order valence-electron chi connectivity index (χ3n) is 7.02. The number of aliphatic hydroxyl groups excluding tert-OH is 1. The van der Waals surface area contributed by atoms with Crippen molar-refractivity contribution in [2.75, 3.05) is 0 Å². The molecule has 1 aliphatic rings. The predicted molar refractivity (Wildman–Crippen MR) is 141 cm³/mol. The number of hydrogen-bond acceptors (Lipinski definition) is 5. The number of rotatable bonds is 8. The first-order valence-corrected chi connectivity index (χ1v) is 12.6. The summed E-state index contributed by atoms with van der Waals surface area (Å²) in [7, 11) is 0. The first kappa shape index (κ1) is 28.6. The zero-order valence-electron chi connectivity index (χ0n) is 21.8. The third kappa shape index (κ3) is 6.26. The van der Waals surface area contributed by atoms with Gasteiger partial charge in [0, 0.05) is 24.1 Å². The fraction of sp³-hybridized carbons (Fsp3) is 0.188. The Bertz CT molecular complexity index is 1370. The number of carboxylic acid groups (broad SMARTS) is 1. The van der Waals surface area contributed by atoms with Crippen LogP contribution in [0.1, 0.15) is 39.3 Å². The van der Waals surface area contributed by atoms with Crippen molar-refractivity contribution in [3.8, 4) is 5.75 Å². The van der Waals surface area contributed by atoms with Crippen molar-refractivity contribution in [1.29, 1.82) is 0 Å². The van der Waals surface area contributed by atoms with Gasteiger partial charge < -0.3 is 24.6 Å². The molecule has 4 aromatic carbocycles. The summed E-state index contributed by atoms with van der Waals surface area (Å²) >= 11 is 0. The van der Waals surface area contributed by atoms with E-state index in [0.717, 1.165) is 22.3 Å². The van der Waals surface area contributed by atoms with E-state index in [1.54, 1.807) is 6.07 Å². The number of hydrogen-bond donors (Lipinski definition) is 1. The summed E-state index contributed by atoms with van der Waals surface area (Å²) in [6.45, 7) is 0.115. The molecule has 7 heteroatoms. The Kier molecular flexibility index (Phi) is 9.59. The number of ether oxygens (including phenoxy) is 1. The summed E-state index contributed by atoms with van der Waals surface area (Å²) in [4.78, 5) is 27.9. The summed E-state index contributed by atoms with van der Waals surface area (Å²) in [6, 6.07) is 30.8. The van der Waals surface area contributed by atoms with Crippen molar-refractivity contribution in [2.45, 2.75) is 38.1 Å². The van der Waals surface area contributed by atoms with E-state index in [-0.39, 0.29) is 61.6 Å². The summed E-state index contributed by atoms with van der Waals surface area (Å²) < 4.78 is 6.15. The number of aliphatic carboxylic acids is 1. The van der Waals surface area contributed by atoms with Gasteiger partial charge >= 0.3 is 29.6 Å². The Morgan fingerprint density at radius 3 is 1.97 bits per heavy atom. The Balaban J connectivity index is 0.00000353. The van der Waals surface area contributed by atoms with Crippen LogP contribution in [0, 0.1) is 0 Å². The maximum Gasteiger partial charge on any atom is 1.00 e. The van der Waals surface area contributed by atoms with E-state index in [1.165, 1.54) is 4.90 Å². The number of carbonyl (C=O) groups excluding carboxylic acids is 2. The molecule has 0 spiro atoms. The number of fused-ring (bicyclic) bond motifs is 1. The number of nitrogens with zero attached hydrogens (tertiary/aromatic N) is 1. The molecule has 39 heavy (non-hydrogen) atoms. The van der Waals surface area contributed by atoms with Crippen LogP contribution < -0.4 is 39.4 Å². The van der Waals surface area contributed by atoms with Gasteiger partial charge in [-0.15, -0.1) is 0 Å². The second-order valence-corrected chi connectivity index (χ2v) is 9.38. The van der Waals surface area contributed by atoms with Crippen LogP contribution in [0.4, 0.5) is 0 Å². The quantitative estimate of drug-likeness (QED) is 0.338. The molecule has 4 aromatic rings. The molecule has 192 valence electrons. The smallest absolute Gasteiger partial charge is 0.548 e. The number of benzene rings is 4. The molecule has 1 amide bonds. The fourth-order valence-electron chi connectivity index (χ4n) is 5.10. The molecule has 0 saturated carbocycles. The molecule has 0 aliphatic carbocycles. The van der Waals surface area contributed by atoms with Crippen LogP contribution in [0.2, 0.25) is 0 Å². The minimum atomic E-state index is -1.33. The zero-order valence-corrected chi connectivity index (χ0v) is 23.8. The fourth-order valence-corrected chi connectivity index (χ4v) is 5.10. The second-order valence-electron chi connectivity index (χ2n) is 9.38. The number of carbonyl (C=O) groups is 2. The van der Waals surface area contributed by atoms with Crippen LogP contribution in [0.5, 0.6) is 5.75 Å². The number of carboxylic acids is 1. The molecular formula is C32H28NNaO5. The number of amides is 1. The van der Waals surface area contributed by atoms with Gasteiger partial charge in [-0.05, 0) is 22.3 Å². The maximum atomic E-state index is 14.1. The van der Waals surface area contributed by atoms with Gasteiger partial charge in [-0.3, -0.25) is 4.79 Å². The predicted octanol–water partition coefficient (Wildman–Crippen LogP) is 0.597. The Hall–Kier alpha value is -3.42. The molecule has 1 N–H and O–H groups in total. The molecule has 0 unspecified atom stereocenters.